The van der Waals surface area contributed by atoms with Gasteiger partial charge < -0.3 is 5.21 Å². The second-order valence-corrected chi connectivity index (χ2v) is 3.11. The molecule has 1 N–H and O–H groups in total. The first-order chi connectivity index (χ1) is 5.77. The first-order valence-electron chi connectivity index (χ1n) is 3.62. The van der Waals surface area contributed by atoms with Crippen LogP contribution in [0.3, 0.4) is 0 Å². The average molecular weight is 228 g/mol. The topological polar surface area (TPSA) is 32.6 Å². The van der Waals surface area contributed by atoms with Crippen molar-refractivity contribution in [1.29, 1.82) is 0 Å². The summed E-state index contributed by atoms with van der Waals surface area (Å²) in [5.74, 6) is 0. The molecule has 0 fully saturated rings. The molecule has 0 aliphatic rings. The molecule has 0 amide bonds. The monoisotopic (exact) mass is 227 g/mol. The van der Waals surface area contributed by atoms with Gasteiger partial charge >= 0.3 is 0 Å². The van der Waals surface area contributed by atoms with Crippen molar-refractivity contribution in [2.45, 2.75) is 6.92 Å². The zero-order valence-electron chi connectivity index (χ0n) is 6.79. The van der Waals surface area contributed by atoms with Gasteiger partial charge in [-0.15, -0.1) is 0 Å². The Morgan fingerprint density at radius 2 is 2.00 bits per heavy atom. The number of halogens is 1. The van der Waals surface area contributed by atoms with Crippen LogP contribution in [0, 0.1) is 6.92 Å². The molecular weight excluding hydrogens is 218 g/mol. The third kappa shape index (κ3) is 2.08. The van der Waals surface area contributed by atoms with Crippen molar-refractivity contribution in [3.8, 4) is 0 Å². The Balaban J connectivity index is 2.96. The molecule has 0 aromatic heterocycles. The Morgan fingerprint density at radius 1 is 1.42 bits per heavy atom. The van der Waals surface area contributed by atoms with E-state index in [1.807, 2.05) is 31.2 Å². The fraction of sp³-hybridized carbons (Fsp3) is 0.222. The number of rotatable bonds is 2. The highest BCUT2D eigenvalue weighted by Crippen LogP contribution is 2.06. The Bertz CT molecular complexity index is 279. The van der Waals surface area contributed by atoms with Crippen LogP contribution in [0.2, 0.25) is 0 Å². The number of hydrogen-bond donors (Lipinski definition) is 1. The van der Waals surface area contributed by atoms with Crippen LogP contribution >= 0.6 is 15.9 Å². The third-order valence-electron chi connectivity index (χ3n) is 1.63. The van der Waals surface area contributed by atoms with E-state index in [0.717, 1.165) is 5.56 Å². The second kappa shape index (κ2) is 4.26. The van der Waals surface area contributed by atoms with Gasteiger partial charge in [-0.1, -0.05) is 50.9 Å². The van der Waals surface area contributed by atoms with Crippen LogP contribution in [0.15, 0.2) is 29.4 Å². The van der Waals surface area contributed by atoms with Crippen molar-refractivity contribution in [1.82, 2.24) is 0 Å². The molecule has 0 heterocycles. The summed E-state index contributed by atoms with van der Waals surface area (Å²) in [6, 6.07) is 7.85. The maximum absolute atomic E-state index is 8.61. The number of aryl methyl sites for hydroxylation is 1. The Hall–Kier alpha value is -0.830. The van der Waals surface area contributed by atoms with Crippen molar-refractivity contribution >= 4 is 21.6 Å². The number of hydrogen-bond acceptors (Lipinski definition) is 2. The molecule has 0 radical (unpaired) electrons. The summed E-state index contributed by atoms with van der Waals surface area (Å²) in [5.41, 5.74) is 2.79. The summed E-state index contributed by atoms with van der Waals surface area (Å²) >= 11 is 3.24. The predicted octanol–water partition coefficient (Wildman–Crippen LogP) is 2.57. The molecule has 2 nitrogen and oxygen atoms in total. The average Bonchev–Trinajstić information content (AvgIpc) is 2.10. The van der Waals surface area contributed by atoms with Gasteiger partial charge in [0.15, 0.2) is 0 Å². The van der Waals surface area contributed by atoms with Crippen molar-refractivity contribution < 1.29 is 5.21 Å². The molecule has 0 aliphatic carbocycles. The lowest BCUT2D eigenvalue weighted by Crippen LogP contribution is -2.01. The minimum Gasteiger partial charge on any atom is -0.411 e. The Labute approximate surface area is 80.0 Å². The minimum atomic E-state index is 0.562. The number of oxime groups is 1. The molecule has 0 saturated carbocycles. The Kier molecular flexibility index (Phi) is 3.29. The zero-order valence-corrected chi connectivity index (χ0v) is 8.37. The summed E-state index contributed by atoms with van der Waals surface area (Å²) < 4.78 is 0. The van der Waals surface area contributed by atoms with Gasteiger partial charge in [-0.2, -0.15) is 0 Å². The predicted molar refractivity (Wildman–Crippen MR) is 53.3 cm³/mol. The van der Waals surface area contributed by atoms with Gasteiger partial charge in [0.1, 0.15) is 0 Å². The first-order valence-corrected chi connectivity index (χ1v) is 4.74. The van der Waals surface area contributed by atoms with Crippen LogP contribution < -0.4 is 0 Å². The van der Waals surface area contributed by atoms with E-state index in [1.54, 1.807) is 0 Å². The van der Waals surface area contributed by atoms with E-state index in [4.69, 9.17) is 5.21 Å². The molecule has 0 unspecified atom stereocenters. The van der Waals surface area contributed by atoms with Gasteiger partial charge in [-0.25, -0.2) is 0 Å². The van der Waals surface area contributed by atoms with Crippen LogP contribution in [0.1, 0.15) is 11.1 Å². The van der Waals surface area contributed by atoms with Gasteiger partial charge in [-0.05, 0) is 6.92 Å². The molecule has 3 heteroatoms. The molecular formula is C9H10BrNO. The lowest BCUT2D eigenvalue weighted by Gasteiger charge is -2.00. The van der Waals surface area contributed by atoms with Crippen molar-refractivity contribution in [2.75, 3.05) is 5.33 Å². The maximum atomic E-state index is 8.61. The quantitative estimate of drug-likeness (QED) is 0.359. The van der Waals surface area contributed by atoms with E-state index in [1.165, 1.54) is 5.56 Å². The SMILES string of the molecule is Cc1ccc(/C(CBr)=N\O)cc1. The molecule has 1 rings (SSSR count). The van der Waals surface area contributed by atoms with E-state index >= 15 is 0 Å². The fourth-order valence-corrected chi connectivity index (χ4v) is 1.34. The number of alkyl halides is 1. The summed E-state index contributed by atoms with van der Waals surface area (Å²) in [6.45, 7) is 2.02. The zero-order chi connectivity index (χ0) is 8.97. The van der Waals surface area contributed by atoms with Gasteiger partial charge in [0.2, 0.25) is 0 Å². The lowest BCUT2D eigenvalue weighted by molar-refractivity contribution is 0.319. The maximum Gasteiger partial charge on any atom is 0.0973 e. The van der Waals surface area contributed by atoms with Crippen LogP contribution in [-0.2, 0) is 0 Å². The molecule has 0 atom stereocenters. The molecule has 12 heavy (non-hydrogen) atoms. The fourth-order valence-electron chi connectivity index (χ4n) is 0.908. The minimum absolute atomic E-state index is 0.562. The van der Waals surface area contributed by atoms with Crippen molar-refractivity contribution in [3.05, 3.63) is 35.4 Å². The summed E-state index contributed by atoms with van der Waals surface area (Å²) in [5, 5.41) is 12.3. The third-order valence-corrected chi connectivity index (χ3v) is 2.16. The highest BCUT2D eigenvalue weighted by molar-refractivity contribution is 9.09. The largest absolute Gasteiger partial charge is 0.411 e. The smallest absolute Gasteiger partial charge is 0.0973 e. The van der Waals surface area contributed by atoms with Crippen molar-refractivity contribution in [2.24, 2.45) is 5.16 Å². The van der Waals surface area contributed by atoms with E-state index in [-0.39, 0.29) is 0 Å². The number of benzene rings is 1. The number of nitrogens with zero attached hydrogens (tertiary/aromatic N) is 1. The van der Waals surface area contributed by atoms with Crippen LogP contribution in [0.25, 0.3) is 0 Å². The first kappa shape index (κ1) is 9.26. The molecule has 1 aromatic rings. The lowest BCUT2D eigenvalue weighted by atomic mass is 10.1. The molecule has 0 aliphatic heterocycles. The van der Waals surface area contributed by atoms with E-state index in [0.29, 0.717) is 11.0 Å². The standard InChI is InChI=1S/C9H10BrNO/c1-7-2-4-8(5-3-7)9(6-10)11-12/h2-5,12H,6H2,1H3/b11-9-. The molecule has 64 valence electrons. The van der Waals surface area contributed by atoms with Crippen LogP contribution in [-0.4, -0.2) is 16.2 Å². The molecule has 0 spiro atoms. The van der Waals surface area contributed by atoms with Gasteiger partial charge in [-0.3, -0.25) is 0 Å². The summed E-state index contributed by atoms with van der Waals surface area (Å²) in [4.78, 5) is 0. The molecule has 0 bridgehead atoms. The highest BCUT2D eigenvalue weighted by Gasteiger charge is 2.00. The van der Waals surface area contributed by atoms with Crippen molar-refractivity contribution in [3.63, 3.8) is 0 Å². The van der Waals surface area contributed by atoms with E-state index in [2.05, 4.69) is 21.1 Å². The van der Waals surface area contributed by atoms with Gasteiger partial charge in [0, 0.05) is 10.9 Å². The highest BCUT2D eigenvalue weighted by atomic mass is 79.9. The molecule has 1 aromatic carbocycles. The summed E-state index contributed by atoms with van der Waals surface area (Å²) in [6.07, 6.45) is 0. The van der Waals surface area contributed by atoms with Gasteiger partial charge in [0.25, 0.3) is 0 Å². The Morgan fingerprint density at radius 3 is 2.42 bits per heavy atom. The van der Waals surface area contributed by atoms with Crippen LogP contribution in [0.5, 0.6) is 0 Å². The summed E-state index contributed by atoms with van der Waals surface area (Å²) in [7, 11) is 0. The second-order valence-electron chi connectivity index (χ2n) is 2.55. The van der Waals surface area contributed by atoms with Crippen LogP contribution in [0.4, 0.5) is 0 Å². The van der Waals surface area contributed by atoms with E-state index < -0.39 is 0 Å². The molecule has 0 saturated heterocycles. The van der Waals surface area contributed by atoms with E-state index in [9.17, 15) is 0 Å². The van der Waals surface area contributed by atoms with Gasteiger partial charge in [0.05, 0.1) is 5.71 Å². The normalized spacial score (nSPS) is 11.7.